The standard InChI is InChI=1S/C20H18BrNO3S/c1-20(12-18(23)14-8-3-5-9-16(14)20)11-15-13-7-4-6-10-17(13)22(19(15)21)26(2,24)25/h3-10H,11-12H2,1-2H3. The summed E-state index contributed by atoms with van der Waals surface area (Å²) in [5.41, 5.74) is 3.02. The Bertz CT molecular complexity index is 1160. The third kappa shape index (κ3) is 2.55. The van der Waals surface area contributed by atoms with Crippen molar-refractivity contribution in [3.63, 3.8) is 0 Å². The van der Waals surface area contributed by atoms with Crippen molar-refractivity contribution in [2.24, 2.45) is 0 Å². The maximum atomic E-state index is 12.5. The Labute approximate surface area is 161 Å². The molecule has 0 fully saturated rings. The van der Waals surface area contributed by atoms with E-state index in [1.165, 1.54) is 10.2 Å². The van der Waals surface area contributed by atoms with Gasteiger partial charge in [0, 0.05) is 22.8 Å². The van der Waals surface area contributed by atoms with Crippen LogP contribution in [0, 0.1) is 0 Å². The number of fused-ring (bicyclic) bond motifs is 2. The zero-order valence-electron chi connectivity index (χ0n) is 14.5. The first-order chi connectivity index (χ1) is 12.2. The molecule has 0 radical (unpaired) electrons. The van der Waals surface area contributed by atoms with Crippen LogP contribution in [-0.4, -0.2) is 24.4 Å². The van der Waals surface area contributed by atoms with Crippen LogP contribution in [-0.2, 0) is 21.9 Å². The molecule has 0 saturated heterocycles. The normalized spacial score (nSPS) is 19.9. The largest absolute Gasteiger partial charge is 0.294 e. The highest BCUT2D eigenvalue weighted by Gasteiger charge is 2.40. The van der Waals surface area contributed by atoms with Crippen LogP contribution in [0.1, 0.15) is 34.8 Å². The second-order valence-corrected chi connectivity index (χ2v) is 9.78. The van der Waals surface area contributed by atoms with Gasteiger partial charge in [-0.15, -0.1) is 0 Å². The van der Waals surface area contributed by atoms with Crippen molar-refractivity contribution in [1.82, 2.24) is 3.97 Å². The Hall–Kier alpha value is -1.92. The van der Waals surface area contributed by atoms with Gasteiger partial charge in [0.05, 0.1) is 11.8 Å². The van der Waals surface area contributed by atoms with Gasteiger partial charge in [0.2, 0.25) is 10.0 Å². The quantitative estimate of drug-likeness (QED) is 0.620. The molecule has 134 valence electrons. The number of carbonyl (C=O) groups is 1. The summed E-state index contributed by atoms with van der Waals surface area (Å²) < 4.78 is 26.5. The summed E-state index contributed by atoms with van der Waals surface area (Å²) in [6.07, 6.45) is 2.21. The van der Waals surface area contributed by atoms with Crippen LogP contribution in [0.3, 0.4) is 0 Å². The Morgan fingerprint density at radius 2 is 1.77 bits per heavy atom. The van der Waals surface area contributed by atoms with E-state index in [1.54, 1.807) is 6.07 Å². The van der Waals surface area contributed by atoms with E-state index >= 15 is 0 Å². The number of para-hydroxylation sites is 1. The first kappa shape index (κ1) is 17.5. The Morgan fingerprint density at radius 1 is 1.12 bits per heavy atom. The van der Waals surface area contributed by atoms with E-state index in [0.717, 1.165) is 22.1 Å². The molecule has 0 aliphatic heterocycles. The second kappa shape index (κ2) is 5.79. The monoisotopic (exact) mass is 431 g/mol. The van der Waals surface area contributed by atoms with Crippen molar-refractivity contribution in [2.45, 2.75) is 25.2 Å². The number of carbonyl (C=O) groups excluding carboxylic acids is 1. The Morgan fingerprint density at radius 3 is 2.50 bits per heavy atom. The van der Waals surface area contributed by atoms with Crippen LogP contribution >= 0.6 is 15.9 Å². The summed E-state index contributed by atoms with van der Waals surface area (Å²) in [6.45, 7) is 2.08. The summed E-state index contributed by atoms with van der Waals surface area (Å²) in [4.78, 5) is 12.5. The lowest BCUT2D eigenvalue weighted by Gasteiger charge is -2.24. The maximum absolute atomic E-state index is 12.5. The first-order valence-electron chi connectivity index (χ1n) is 8.33. The summed E-state index contributed by atoms with van der Waals surface area (Å²) in [7, 11) is -3.46. The van der Waals surface area contributed by atoms with Gasteiger partial charge in [-0.05, 0) is 39.5 Å². The van der Waals surface area contributed by atoms with Crippen molar-refractivity contribution in [3.8, 4) is 0 Å². The number of hydrogen-bond acceptors (Lipinski definition) is 3. The van der Waals surface area contributed by atoms with Crippen molar-refractivity contribution in [3.05, 3.63) is 69.8 Å². The van der Waals surface area contributed by atoms with Crippen LogP contribution < -0.4 is 0 Å². The molecule has 4 rings (SSSR count). The summed E-state index contributed by atoms with van der Waals surface area (Å²) in [6, 6.07) is 15.2. The van der Waals surface area contributed by atoms with Crippen molar-refractivity contribution >= 4 is 42.6 Å². The van der Waals surface area contributed by atoms with Gasteiger partial charge >= 0.3 is 0 Å². The number of ketones is 1. The minimum Gasteiger partial charge on any atom is -0.294 e. The predicted octanol–water partition coefficient (Wildman–Crippen LogP) is 4.30. The third-order valence-electron chi connectivity index (χ3n) is 5.20. The molecule has 0 bridgehead atoms. The zero-order valence-corrected chi connectivity index (χ0v) is 16.9. The molecule has 0 spiro atoms. The molecule has 0 N–H and O–H groups in total. The van der Waals surface area contributed by atoms with E-state index < -0.39 is 10.0 Å². The molecule has 0 amide bonds. The van der Waals surface area contributed by atoms with Gasteiger partial charge in [0.15, 0.2) is 5.78 Å². The summed E-state index contributed by atoms with van der Waals surface area (Å²) in [5, 5.41) is 0.892. The van der Waals surface area contributed by atoms with E-state index in [2.05, 4.69) is 22.9 Å². The number of benzene rings is 2. The van der Waals surface area contributed by atoms with Crippen LogP contribution in [0.25, 0.3) is 10.9 Å². The van der Waals surface area contributed by atoms with Crippen LogP contribution in [0.15, 0.2) is 53.1 Å². The fraction of sp³-hybridized carbons (Fsp3) is 0.250. The molecule has 6 heteroatoms. The van der Waals surface area contributed by atoms with Gasteiger partial charge in [0.1, 0.15) is 4.60 Å². The van der Waals surface area contributed by atoms with Gasteiger partial charge in [-0.3, -0.25) is 4.79 Å². The third-order valence-corrected chi connectivity index (χ3v) is 7.31. The maximum Gasteiger partial charge on any atom is 0.237 e. The van der Waals surface area contributed by atoms with Crippen LogP contribution in [0.4, 0.5) is 0 Å². The molecule has 4 nitrogen and oxygen atoms in total. The van der Waals surface area contributed by atoms with Crippen molar-refractivity contribution in [1.29, 1.82) is 0 Å². The van der Waals surface area contributed by atoms with Gasteiger partial charge in [0.25, 0.3) is 0 Å². The average molecular weight is 432 g/mol. The highest BCUT2D eigenvalue weighted by molar-refractivity contribution is 9.10. The highest BCUT2D eigenvalue weighted by Crippen LogP contribution is 2.44. The number of aromatic nitrogens is 1. The lowest BCUT2D eigenvalue weighted by atomic mass is 9.78. The molecule has 0 saturated carbocycles. The molecule has 3 aromatic rings. The summed E-state index contributed by atoms with van der Waals surface area (Å²) in [5.74, 6) is 0.145. The van der Waals surface area contributed by atoms with Gasteiger partial charge in [-0.1, -0.05) is 49.4 Å². The number of Topliss-reactive ketones (excluding diaryl/α,β-unsaturated/α-hetero) is 1. The smallest absolute Gasteiger partial charge is 0.237 e. The number of nitrogens with zero attached hydrogens (tertiary/aromatic N) is 1. The number of hydrogen-bond donors (Lipinski definition) is 0. The van der Waals surface area contributed by atoms with E-state index in [1.807, 2.05) is 42.5 Å². The minimum atomic E-state index is -3.46. The van der Waals surface area contributed by atoms with E-state index in [0.29, 0.717) is 23.0 Å². The molecule has 1 unspecified atom stereocenters. The number of rotatable bonds is 3. The molecule has 26 heavy (non-hydrogen) atoms. The Kier molecular flexibility index (Phi) is 3.90. The number of halogens is 1. The van der Waals surface area contributed by atoms with Gasteiger partial charge in [-0.2, -0.15) is 0 Å². The molecule has 1 aliphatic rings. The van der Waals surface area contributed by atoms with E-state index in [-0.39, 0.29) is 11.2 Å². The molecule has 1 atom stereocenters. The van der Waals surface area contributed by atoms with E-state index in [9.17, 15) is 13.2 Å². The fourth-order valence-corrected chi connectivity index (χ4v) is 6.33. The van der Waals surface area contributed by atoms with Crippen molar-refractivity contribution in [2.75, 3.05) is 6.26 Å². The second-order valence-electron chi connectivity index (χ2n) is 7.20. The lowest BCUT2D eigenvalue weighted by molar-refractivity contribution is 0.0976. The average Bonchev–Trinajstić information content (AvgIpc) is 3.00. The fourth-order valence-electron chi connectivity index (χ4n) is 4.08. The predicted molar refractivity (Wildman–Crippen MR) is 106 cm³/mol. The lowest BCUT2D eigenvalue weighted by Crippen LogP contribution is -2.22. The Balaban J connectivity index is 1.93. The summed E-state index contributed by atoms with van der Waals surface area (Å²) >= 11 is 3.52. The SMILES string of the molecule is CC1(Cc2c(Br)n(S(C)(=O)=O)c3ccccc23)CC(=O)c2ccccc21. The topological polar surface area (TPSA) is 56.1 Å². The van der Waals surface area contributed by atoms with Crippen molar-refractivity contribution < 1.29 is 13.2 Å². The molecule has 1 aliphatic carbocycles. The first-order valence-corrected chi connectivity index (χ1v) is 11.0. The van der Waals surface area contributed by atoms with E-state index in [4.69, 9.17) is 0 Å². The van der Waals surface area contributed by atoms with Gasteiger partial charge < -0.3 is 0 Å². The molecule has 1 heterocycles. The molecule has 2 aromatic carbocycles. The van der Waals surface area contributed by atoms with Crippen LogP contribution in [0.2, 0.25) is 0 Å². The zero-order chi connectivity index (χ0) is 18.7. The van der Waals surface area contributed by atoms with Crippen LogP contribution in [0.5, 0.6) is 0 Å². The molecule has 1 aromatic heterocycles. The minimum absolute atomic E-state index is 0.145. The highest BCUT2D eigenvalue weighted by atomic mass is 79.9. The van der Waals surface area contributed by atoms with Gasteiger partial charge in [-0.25, -0.2) is 12.4 Å². The molecular weight excluding hydrogens is 414 g/mol. The molecular formula is C20H18BrNO3S.